The van der Waals surface area contributed by atoms with Crippen LogP contribution in [-0.4, -0.2) is 23.0 Å². The molecule has 0 radical (unpaired) electrons. The molecule has 1 aromatic heterocycles. The summed E-state index contributed by atoms with van der Waals surface area (Å²) in [6, 6.07) is 20.9. The van der Waals surface area contributed by atoms with E-state index < -0.39 is 0 Å². The summed E-state index contributed by atoms with van der Waals surface area (Å²) in [5, 5.41) is 3.86. The largest absolute Gasteiger partial charge is 0.497 e. The summed E-state index contributed by atoms with van der Waals surface area (Å²) in [6.45, 7) is 0. The Bertz CT molecular complexity index is 1310. The van der Waals surface area contributed by atoms with E-state index >= 15 is 0 Å². The molecule has 172 valence electrons. The minimum atomic E-state index is -0.389. The molecule has 0 unspecified atom stereocenters. The molecule has 5 nitrogen and oxygen atoms in total. The Morgan fingerprint density at radius 2 is 1.88 bits per heavy atom. The molecule has 0 aliphatic rings. The second-order valence-electron chi connectivity index (χ2n) is 6.99. The highest BCUT2D eigenvalue weighted by atomic mass is 35.5. The van der Waals surface area contributed by atoms with Crippen LogP contribution in [0.3, 0.4) is 0 Å². The molecule has 0 aliphatic heterocycles. The first-order valence-electron chi connectivity index (χ1n) is 10.1. The first kappa shape index (κ1) is 24.1. The Hall–Kier alpha value is -3.07. The van der Waals surface area contributed by atoms with Gasteiger partial charge in [-0.15, -0.1) is 0 Å². The van der Waals surface area contributed by atoms with Gasteiger partial charge >= 0.3 is 0 Å². The van der Waals surface area contributed by atoms with E-state index in [0.717, 1.165) is 4.90 Å². The molecule has 1 amide bonds. The minimum Gasteiger partial charge on any atom is -0.497 e. The fourth-order valence-electron chi connectivity index (χ4n) is 2.94. The summed E-state index contributed by atoms with van der Waals surface area (Å²) < 4.78 is 19.2. The monoisotopic (exact) mass is 511 g/mol. The molecular formula is C25H19ClFN3O2S2. The highest BCUT2D eigenvalue weighted by molar-refractivity contribution is 7.99. The SMILES string of the molecule is COc1cccc(NC(=O)c2nc(SCc3ccccc3F)ncc2Sc2ccc(Cl)cc2)c1. The van der Waals surface area contributed by atoms with Crippen LogP contribution in [-0.2, 0) is 5.75 Å². The lowest BCUT2D eigenvalue weighted by Gasteiger charge is -2.11. The van der Waals surface area contributed by atoms with Crippen LogP contribution >= 0.6 is 35.1 Å². The van der Waals surface area contributed by atoms with Crippen molar-refractivity contribution in [2.24, 2.45) is 0 Å². The van der Waals surface area contributed by atoms with Crippen molar-refractivity contribution in [3.05, 3.63) is 101 Å². The van der Waals surface area contributed by atoms with Gasteiger partial charge in [-0.3, -0.25) is 4.79 Å². The number of anilines is 1. The summed E-state index contributed by atoms with van der Waals surface area (Å²) in [5.41, 5.74) is 1.33. The third-order valence-electron chi connectivity index (χ3n) is 4.63. The molecule has 0 saturated heterocycles. The maximum absolute atomic E-state index is 14.0. The number of thioether (sulfide) groups is 1. The van der Waals surface area contributed by atoms with E-state index in [2.05, 4.69) is 15.3 Å². The number of carbonyl (C=O) groups excluding carboxylic acids is 1. The lowest BCUT2D eigenvalue weighted by Crippen LogP contribution is -2.16. The molecule has 4 aromatic rings. The number of ether oxygens (including phenoxy) is 1. The van der Waals surface area contributed by atoms with Crippen LogP contribution in [0.25, 0.3) is 0 Å². The van der Waals surface area contributed by atoms with E-state index in [4.69, 9.17) is 16.3 Å². The van der Waals surface area contributed by atoms with Crippen molar-refractivity contribution in [1.82, 2.24) is 9.97 Å². The Morgan fingerprint density at radius 3 is 2.65 bits per heavy atom. The van der Waals surface area contributed by atoms with Crippen LogP contribution in [0.4, 0.5) is 10.1 Å². The van der Waals surface area contributed by atoms with Gasteiger partial charge in [-0.2, -0.15) is 0 Å². The summed E-state index contributed by atoms with van der Waals surface area (Å²) >= 11 is 8.61. The van der Waals surface area contributed by atoms with E-state index in [0.29, 0.717) is 37.8 Å². The number of aromatic nitrogens is 2. The molecule has 0 fully saturated rings. The number of amides is 1. The number of rotatable bonds is 8. The predicted octanol–water partition coefficient (Wildman–Crippen LogP) is 6.97. The van der Waals surface area contributed by atoms with Crippen LogP contribution in [0.1, 0.15) is 16.1 Å². The topological polar surface area (TPSA) is 64.1 Å². The summed E-state index contributed by atoms with van der Waals surface area (Å²) in [6.07, 6.45) is 1.61. The van der Waals surface area contributed by atoms with E-state index in [-0.39, 0.29) is 17.4 Å². The molecule has 1 heterocycles. The van der Waals surface area contributed by atoms with E-state index in [1.807, 2.05) is 12.1 Å². The Morgan fingerprint density at radius 1 is 1.09 bits per heavy atom. The summed E-state index contributed by atoms with van der Waals surface area (Å²) in [7, 11) is 1.56. The zero-order valence-corrected chi connectivity index (χ0v) is 20.4. The molecule has 4 rings (SSSR count). The zero-order valence-electron chi connectivity index (χ0n) is 18.0. The van der Waals surface area contributed by atoms with Crippen molar-refractivity contribution in [2.75, 3.05) is 12.4 Å². The highest BCUT2D eigenvalue weighted by Crippen LogP contribution is 2.32. The number of nitrogens with zero attached hydrogens (tertiary/aromatic N) is 2. The molecule has 0 saturated carbocycles. The van der Waals surface area contributed by atoms with Crippen LogP contribution < -0.4 is 10.1 Å². The van der Waals surface area contributed by atoms with Crippen molar-refractivity contribution in [2.45, 2.75) is 20.7 Å². The maximum Gasteiger partial charge on any atom is 0.275 e. The smallest absolute Gasteiger partial charge is 0.275 e. The van der Waals surface area contributed by atoms with Gasteiger partial charge in [0.1, 0.15) is 17.3 Å². The Labute approximate surface area is 210 Å². The second kappa shape index (κ2) is 11.4. The van der Waals surface area contributed by atoms with Gasteiger partial charge in [0.15, 0.2) is 5.16 Å². The number of methoxy groups -OCH3 is 1. The third kappa shape index (κ3) is 6.28. The van der Waals surface area contributed by atoms with E-state index in [9.17, 15) is 9.18 Å². The van der Waals surface area contributed by atoms with E-state index in [1.54, 1.807) is 67.9 Å². The van der Waals surface area contributed by atoms with Gasteiger partial charge in [0.2, 0.25) is 0 Å². The molecule has 34 heavy (non-hydrogen) atoms. The number of halogens is 2. The Kier molecular flexibility index (Phi) is 8.05. The van der Waals surface area contributed by atoms with Crippen LogP contribution in [0.5, 0.6) is 5.75 Å². The predicted molar refractivity (Wildman–Crippen MR) is 135 cm³/mol. The molecule has 0 bridgehead atoms. The molecule has 0 spiro atoms. The normalized spacial score (nSPS) is 10.7. The average Bonchev–Trinajstić information content (AvgIpc) is 2.85. The van der Waals surface area contributed by atoms with Gasteiger partial charge in [0.25, 0.3) is 5.91 Å². The number of nitrogens with one attached hydrogen (secondary N) is 1. The number of hydrogen-bond donors (Lipinski definition) is 1. The fraction of sp³-hybridized carbons (Fsp3) is 0.0800. The van der Waals surface area contributed by atoms with Gasteiger partial charge in [0, 0.05) is 33.6 Å². The minimum absolute atomic E-state index is 0.216. The number of carbonyl (C=O) groups is 1. The molecular weight excluding hydrogens is 493 g/mol. The van der Waals surface area contributed by atoms with Crippen molar-refractivity contribution < 1.29 is 13.9 Å². The lowest BCUT2D eigenvalue weighted by atomic mass is 10.2. The van der Waals surface area contributed by atoms with Gasteiger partial charge < -0.3 is 10.1 Å². The third-order valence-corrected chi connectivity index (χ3v) is 6.82. The van der Waals surface area contributed by atoms with Crippen molar-refractivity contribution >= 4 is 46.7 Å². The van der Waals surface area contributed by atoms with Gasteiger partial charge in [-0.25, -0.2) is 14.4 Å². The van der Waals surface area contributed by atoms with Crippen LogP contribution in [0.15, 0.2) is 93.9 Å². The van der Waals surface area contributed by atoms with Crippen LogP contribution in [0.2, 0.25) is 5.02 Å². The van der Waals surface area contributed by atoms with Crippen LogP contribution in [0, 0.1) is 5.82 Å². The van der Waals surface area contributed by atoms with Gasteiger partial charge in [-0.05, 0) is 48.0 Å². The average molecular weight is 512 g/mol. The first-order valence-corrected chi connectivity index (χ1v) is 12.3. The highest BCUT2D eigenvalue weighted by Gasteiger charge is 2.18. The molecule has 0 atom stereocenters. The molecule has 1 N–H and O–H groups in total. The summed E-state index contributed by atoms with van der Waals surface area (Å²) in [4.78, 5) is 23.6. The standard InChI is InChI=1S/C25H19ClFN3O2S2/c1-32-19-7-4-6-18(13-19)29-24(31)23-22(34-20-11-9-17(26)10-12-20)14-28-25(30-23)33-15-16-5-2-3-8-21(16)27/h2-14H,15H2,1H3,(H,29,31). The maximum atomic E-state index is 14.0. The van der Waals surface area contributed by atoms with Gasteiger partial charge in [0.05, 0.1) is 12.0 Å². The first-order chi connectivity index (χ1) is 16.5. The van der Waals surface area contributed by atoms with E-state index in [1.165, 1.54) is 29.6 Å². The number of benzene rings is 3. The molecule has 9 heteroatoms. The molecule has 3 aromatic carbocycles. The summed E-state index contributed by atoms with van der Waals surface area (Å²) in [5.74, 6) is 0.283. The van der Waals surface area contributed by atoms with Crippen molar-refractivity contribution in [1.29, 1.82) is 0 Å². The second-order valence-corrected chi connectivity index (χ2v) is 9.48. The van der Waals surface area contributed by atoms with Crippen molar-refractivity contribution in [3.8, 4) is 5.75 Å². The zero-order chi connectivity index (χ0) is 23.9. The Balaban J connectivity index is 1.61. The molecule has 0 aliphatic carbocycles. The lowest BCUT2D eigenvalue weighted by molar-refractivity contribution is 0.101. The fourth-order valence-corrected chi connectivity index (χ4v) is 4.73. The van der Waals surface area contributed by atoms with Gasteiger partial charge in [-0.1, -0.05) is 59.4 Å². The quantitative estimate of drug-likeness (QED) is 0.203. The van der Waals surface area contributed by atoms with Crippen molar-refractivity contribution in [3.63, 3.8) is 0 Å². The number of hydrogen-bond acceptors (Lipinski definition) is 6.